The molecule has 0 saturated carbocycles. The summed E-state index contributed by atoms with van der Waals surface area (Å²) in [6.45, 7) is 8.78. The number of carbonyl (C=O) groups excluding carboxylic acids is 1. The normalized spacial score (nSPS) is 27.5. The maximum absolute atomic E-state index is 12.9. The van der Waals surface area contributed by atoms with Crippen LogP contribution < -0.4 is 5.32 Å². The number of ether oxygens (including phenoxy) is 1. The zero-order valence-electron chi connectivity index (χ0n) is 15.8. The number of nitrogens with one attached hydrogen (secondary N) is 1. The average molecular weight is 371 g/mol. The predicted molar refractivity (Wildman–Crippen MR) is 106 cm³/mol. The third-order valence-corrected chi connectivity index (χ3v) is 6.25. The zero-order valence-corrected chi connectivity index (χ0v) is 16.6. The summed E-state index contributed by atoms with van der Waals surface area (Å²) in [4.78, 5) is 14.9. The highest BCUT2D eigenvalue weighted by Gasteiger charge is 2.55. The van der Waals surface area contributed by atoms with E-state index in [-0.39, 0.29) is 23.6 Å². The zero-order chi connectivity index (χ0) is 18.5. The lowest BCUT2D eigenvalue weighted by Crippen LogP contribution is -2.44. The van der Waals surface area contributed by atoms with Gasteiger partial charge in [0, 0.05) is 17.6 Å². The van der Waals surface area contributed by atoms with E-state index in [2.05, 4.69) is 47.3 Å². The van der Waals surface area contributed by atoms with E-state index in [1.54, 1.807) is 11.3 Å². The molecule has 5 heteroatoms. The fourth-order valence-corrected chi connectivity index (χ4v) is 5.10. The van der Waals surface area contributed by atoms with E-state index < -0.39 is 5.60 Å². The second-order valence-corrected chi connectivity index (χ2v) is 9.33. The fourth-order valence-electron chi connectivity index (χ4n) is 4.42. The summed E-state index contributed by atoms with van der Waals surface area (Å²) in [6.07, 6.45) is 0.727. The number of hydrogen-bond acceptors (Lipinski definition) is 4. The molecule has 0 bridgehead atoms. The minimum atomic E-state index is -0.491. The van der Waals surface area contributed by atoms with E-state index in [1.807, 2.05) is 31.7 Å². The molecular weight excluding hydrogens is 344 g/mol. The minimum absolute atomic E-state index is 0.0136. The first-order valence-corrected chi connectivity index (χ1v) is 10.1. The number of carbonyl (C=O) groups is 1. The van der Waals surface area contributed by atoms with Crippen molar-refractivity contribution in [3.05, 3.63) is 52.2 Å². The van der Waals surface area contributed by atoms with Gasteiger partial charge in [-0.15, -0.1) is 0 Å². The van der Waals surface area contributed by atoms with Gasteiger partial charge in [0.15, 0.2) is 0 Å². The van der Waals surface area contributed by atoms with Gasteiger partial charge in [-0.1, -0.05) is 25.1 Å². The summed E-state index contributed by atoms with van der Waals surface area (Å²) in [5, 5.41) is 8.08. The summed E-state index contributed by atoms with van der Waals surface area (Å²) >= 11 is 1.72. The van der Waals surface area contributed by atoms with Crippen molar-refractivity contribution in [1.82, 2.24) is 4.90 Å². The molecule has 26 heavy (non-hydrogen) atoms. The van der Waals surface area contributed by atoms with Crippen LogP contribution in [0.15, 0.2) is 41.1 Å². The quantitative estimate of drug-likeness (QED) is 0.710. The molecule has 1 fully saturated rings. The molecule has 2 aliphatic rings. The van der Waals surface area contributed by atoms with Crippen molar-refractivity contribution >= 4 is 23.1 Å². The number of rotatable bonds is 1. The molecule has 0 unspecified atom stereocenters. The molecule has 138 valence electrons. The highest BCUT2D eigenvalue weighted by molar-refractivity contribution is 7.08. The van der Waals surface area contributed by atoms with Gasteiger partial charge in [0.1, 0.15) is 5.60 Å². The third kappa shape index (κ3) is 2.78. The first kappa shape index (κ1) is 17.4. The lowest BCUT2D eigenvalue weighted by Gasteiger charge is -2.46. The number of anilines is 1. The number of amides is 1. The maximum Gasteiger partial charge on any atom is 0.410 e. The van der Waals surface area contributed by atoms with Gasteiger partial charge in [-0.25, -0.2) is 4.79 Å². The van der Waals surface area contributed by atoms with Crippen molar-refractivity contribution in [3.8, 4) is 0 Å². The van der Waals surface area contributed by atoms with Crippen LogP contribution in [0.5, 0.6) is 0 Å². The van der Waals surface area contributed by atoms with Crippen molar-refractivity contribution in [3.63, 3.8) is 0 Å². The highest BCUT2D eigenvalue weighted by atomic mass is 32.1. The molecule has 4 rings (SSSR count). The van der Waals surface area contributed by atoms with Crippen molar-refractivity contribution in [2.75, 3.05) is 11.9 Å². The Labute approximate surface area is 159 Å². The molecule has 1 N–H and O–H groups in total. The summed E-state index contributed by atoms with van der Waals surface area (Å²) < 4.78 is 5.73. The Morgan fingerprint density at radius 2 is 2.08 bits per heavy atom. The fraction of sp³-hybridized carbons (Fsp3) is 0.476. The van der Waals surface area contributed by atoms with Gasteiger partial charge in [-0.05, 0) is 61.2 Å². The van der Waals surface area contributed by atoms with Crippen molar-refractivity contribution < 1.29 is 9.53 Å². The Hall–Kier alpha value is -2.01. The van der Waals surface area contributed by atoms with Crippen LogP contribution in [0, 0.1) is 5.41 Å². The second-order valence-electron chi connectivity index (χ2n) is 8.55. The Balaban J connectivity index is 1.78. The maximum atomic E-state index is 12.9. The van der Waals surface area contributed by atoms with Crippen LogP contribution in [0.4, 0.5) is 10.5 Å². The number of hydrogen-bond donors (Lipinski definition) is 1. The molecule has 4 nitrogen and oxygen atoms in total. The van der Waals surface area contributed by atoms with Gasteiger partial charge in [0.05, 0.1) is 12.1 Å². The van der Waals surface area contributed by atoms with Gasteiger partial charge >= 0.3 is 6.09 Å². The standard InChI is InChI=1S/C21H26N2O2S/c1-20(2,3)25-19(24)23-11-10-21(4)17(14-9-12-26-13-14)22-16-8-6-5-7-15(16)18(21)23/h5-9,12-13,17-18,22H,10-11H2,1-4H3/t17-,18-,21+/m0/s1. The Bertz CT molecular complexity index is 812. The molecule has 1 saturated heterocycles. The van der Waals surface area contributed by atoms with Crippen LogP contribution in [0.3, 0.4) is 0 Å². The second kappa shape index (κ2) is 6.02. The van der Waals surface area contributed by atoms with Crippen molar-refractivity contribution in [2.24, 2.45) is 5.41 Å². The SMILES string of the molecule is CC(C)(C)OC(=O)N1CC[C@@]2(C)[C@@H]1c1ccccc1N[C@H]2c1ccsc1. The van der Waals surface area contributed by atoms with E-state index in [1.165, 1.54) is 11.1 Å². The van der Waals surface area contributed by atoms with Gasteiger partial charge in [0.2, 0.25) is 0 Å². The molecule has 1 aromatic carbocycles. The summed E-state index contributed by atoms with van der Waals surface area (Å²) in [7, 11) is 0. The molecule has 3 atom stereocenters. The number of fused-ring (bicyclic) bond motifs is 3. The smallest absolute Gasteiger partial charge is 0.410 e. The minimum Gasteiger partial charge on any atom is -0.444 e. The monoisotopic (exact) mass is 370 g/mol. The third-order valence-electron chi connectivity index (χ3n) is 5.55. The van der Waals surface area contributed by atoms with Gasteiger partial charge in [-0.2, -0.15) is 11.3 Å². The number of benzene rings is 1. The molecule has 1 aromatic heterocycles. The lowest BCUT2D eigenvalue weighted by molar-refractivity contribution is 0.0147. The number of likely N-dealkylation sites (tertiary alicyclic amines) is 1. The van der Waals surface area contributed by atoms with E-state index >= 15 is 0 Å². The van der Waals surface area contributed by atoms with Crippen LogP contribution in [0.1, 0.15) is 57.3 Å². The van der Waals surface area contributed by atoms with E-state index in [0.717, 1.165) is 12.1 Å². The molecule has 0 spiro atoms. The first-order chi connectivity index (χ1) is 12.3. The Kier molecular flexibility index (Phi) is 4.03. The first-order valence-electron chi connectivity index (χ1n) is 9.17. The summed E-state index contributed by atoms with van der Waals surface area (Å²) in [5.41, 5.74) is 3.02. The van der Waals surface area contributed by atoms with Crippen LogP contribution in [0.25, 0.3) is 0 Å². The number of para-hydroxylation sites is 1. The van der Waals surface area contributed by atoms with Crippen molar-refractivity contribution in [2.45, 2.75) is 51.8 Å². The van der Waals surface area contributed by atoms with Crippen molar-refractivity contribution in [1.29, 1.82) is 0 Å². The topological polar surface area (TPSA) is 41.6 Å². The van der Waals surface area contributed by atoms with E-state index in [4.69, 9.17) is 4.74 Å². The number of nitrogens with zero attached hydrogens (tertiary/aromatic N) is 1. The summed E-state index contributed by atoms with van der Waals surface area (Å²) in [6, 6.07) is 10.7. The van der Waals surface area contributed by atoms with Gasteiger partial charge < -0.3 is 15.0 Å². The average Bonchev–Trinajstić information content (AvgIpc) is 3.20. The Morgan fingerprint density at radius 3 is 2.77 bits per heavy atom. The van der Waals surface area contributed by atoms with Gasteiger partial charge in [-0.3, -0.25) is 0 Å². The molecule has 2 aliphatic heterocycles. The molecule has 0 radical (unpaired) electrons. The van der Waals surface area contributed by atoms with Crippen LogP contribution in [-0.4, -0.2) is 23.1 Å². The van der Waals surface area contributed by atoms with Crippen LogP contribution in [-0.2, 0) is 4.74 Å². The van der Waals surface area contributed by atoms with Crippen LogP contribution in [0.2, 0.25) is 0 Å². The highest BCUT2D eigenvalue weighted by Crippen LogP contribution is 2.59. The largest absolute Gasteiger partial charge is 0.444 e. The van der Waals surface area contributed by atoms with Crippen LogP contribution >= 0.6 is 11.3 Å². The molecule has 0 aliphatic carbocycles. The molecule has 2 aromatic rings. The molecular formula is C21H26N2O2S. The Morgan fingerprint density at radius 1 is 1.31 bits per heavy atom. The predicted octanol–water partition coefficient (Wildman–Crippen LogP) is 5.60. The lowest BCUT2D eigenvalue weighted by atomic mass is 9.68. The molecule has 1 amide bonds. The van der Waals surface area contributed by atoms with E-state index in [9.17, 15) is 4.79 Å². The summed E-state index contributed by atoms with van der Waals surface area (Å²) in [5.74, 6) is 0. The van der Waals surface area contributed by atoms with E-state index in [0.29, 0.717) is 6.54 Å². The number of thiophene rings is 1. The molecule has 3 heterocycles. The van der Waals surface area contributed by atoms with Gasteiger partial charge in [0.25, 0.3) is 0 Å².